The zero-order chi connectivity index (χ0) is 12.5. The van der Waals surface area contributed by atoms with E-state index in [1.807, 2.05) is 30.3 Å². The third-order valence-electron chi connectivity index (χ3n) is 2.85. The maximum atomic E-state index is 12.1. The summed E-state index contributed by atoms with van der Waals surface area (Å²) in [5.74, 6) is 0. The van der Waals surface area contributed by atoms with E-state index < -0.39 is 5.60 Å². The molecule has 1 N–H and O–H groups in total. The molecule has 1 aromatic carbocycles. The van der Waals surface area contributed by atoms with Crippen LogP contribution in [0.5, 0.6) is 0 Å². The van der Waals surface area contributed by atoms with Gasteiger partial charge in [-0.2, -0.15) is 0 Å². The van der Waals surface area contributed by atoms with Gasteiger partial charge in [0, 0.05) is 18.1 Å². The molecule has 0 saturated heterocycles. The lowest BCUT2D eigenvalue weighted by atomic mass is 10.1. The quantitative estimate of drug-likeness (QED) is 0.879. The van der Waals surface area contributed by atoms with Crippen molar-refractivity contribution < 1.29 is 5.11 Å². The molecule has 0 aliphatic carbocycles. The molecule has 0 aliphatic heterocycles. The fourth-order valence-corrected chi connectivity index (χ4v) is 1.80. The Morgan fingerprint density at radius 3 is 2.65 bits per heavy atom. The highest BCUT2D eigenvalue weighted by Gasteiger charge is 2.12. The predicted octanol–water partition coefficient (Wildman–Crippen LogP) is 2.16. The normalized spacial score (nSPS) is 11.9. The van der Waals surface area contributed by atoms with Crippen LogP contribution < -0.4 is 5.56 Å². The van der Waals surface area contributed by atoms with Crippen LogP contribution in [0.25, 0.3) is 10.8 Å². The van der Waals surface area contributed by atoms with Gasteiger partial charge in [-0.15, -0.1) is 0 Å². The molecule has 3 heteroatoms. The molecule has 0 fully saturated rings. The van der Waals surface area contributed by atoms with Crippen LogP contribution in [0.1, 0.15) is 20.3 Å². The molecule has 0 atom stereocenters. The maximum absolute atomic E-state index is 12.1. The monoisotopic (exact) mass is 231 g/mol. The molecule has 0 radical (unpaired) electrons. The van der Waals surface area contributed by atoms with Crippen molar-refractivity contribution in [1.82, 2.24) is 4.57 Å². The number of pyridine rings is 1. The molecule has 0 saturated carbocycles. The summed E-state index contributed by atoms with van der Waals surface area (Å²) in [5, 5.41) is 11.4. The molecule has 1 aromatic heterocycles. The fourth-order valence-electron chi connectivity index (χ4n) is 1.80. The molecular weight excluding hydrogens is 214 g/mol. The van der Waals surface area contributed by atoms with E-state index in [1.165, 1.54) is 0 Å². The molecule has 0 bridgehead atoms. The number of rotatable bonds is 3. The van der Waals surface area contributed by atoms with Crippen molar-refractivity contribution in [2.24, 2.45) is 0 Å². The summed E-state index contributed by atoms with van der Waals surface area (Å²) < 4.78 is 1.65. The van der Waals surface area contributed by atoms with Crippen molar-refractivity contribution in [3.8, 4) is 0 Å². The smallest absolute Gasteiger partial charge is 0.258 e. The molecule has 17 heavy (non-hydrogen) atoms. The average molecular weight is 231 g/mol. The van der Waals surface area contributed by atoms with Crippen LogP contribution in [0.2, 0.25) is 0 Å². The van der Waals surface area contributed by atoms with Crippen molar-refractivity contribution in [3.63, 3.8) is 0 Å². The SMILES string of the molecule is CC(C)(O)CCn1ccc2ccccc2c1=O. The Bertz CT molecular complexity index is 579. The Morgan fingerprint density at radius 2 is 1.94 bits per heavy atom. The number of aliphatic hydroxyl groups is 1. The number of fused-ring (bicyclic) bond motifs is 1. The highest BCUT2D eigenvalue weighted by molar-refractivity contribution is 5.81. The summed E-state index contributed by atoms with van der Waals surface area (Å²) in [6, 6.07) is 9.48. The van der Waals surface area contributed by atoms with Crippen LogP contribution in [0, 0.1) is 0 Å². The summed E-state index contributed by atoms with van der Waals surface area (Å²) in [4.78, 5) is 12.1. The minimum atomic E-state index is -0.745. The number of nitrogens with zero attached hydrogens (tertiary/aromatic N) is 1. The number of benzene rings is 1. The van der Waals surface area contributed by atoms with E-state index in [2.05, 4.69) is 0 Å². The van der Waals surface area contributed by atoms with E-state index in [1.54, 1.807) is 24.6 Å². The molecule has 0 aliphatic rings. The van der Waals surface area contributed by atoms with E-state index >= 15 is 0 Å². The predicted molar refractivity (Wildman–Crippen MR) is 69.1 cm³/mol. The minimum absolute atomic E-state index is 0.00681. The van der Waals surface area contributed by atoms with Crippen molar-refractivity contribution in [1.29, 1.82) is 0 Å². The van der Waals surface area contributed by atoms with Gasteiger partial charge >= 0.3 is 0 Å². The van der Waals surface area contributed by atoms with Crippen molar-refractivity contribution in [2.45, 2.75) is 32.4 Å². The largest absolute Gasteiger partial charge is 0.390 e. The topological polar surface area (TPSA) is 42.2 Å². The van der Waals surface area contributed by atoms with Gasteiger partial charge in [-0.25, -0.2) is 0 Å². The lowest BCUT2D eigenvalue weighted by Gasteiger charge is -2.17. The van der Waals surface area contributed by atoms with Gasteiger partial charge in [0.25, 0.3) is 5.56 Å². The van der Waals surface area contributed by atoms with Crippen LogP contribution in [-0.2, 0) is 6.54 Å². The Kier molecular flexibility index (Phi) is 3.03. The Hall–Kier alpha value is -1.61. The molecule has 90 valence electrons. The third kappa shape index (κ3) is 2.74. The Balaban J connectivity index is 2.37. The van der Waals surface area contributed by atoms with Crippen LogP contribution in [0.4, 0.5) is 0 Å². The molecule has 0 unspecified atom stereocenters. The van der Waals surface area contributed by atoms with Gasteiger partial charge < -0.3 is 9.67 Å². The summed E-state index contributed by atoms with van der Waals surface area (Å²) >= 11 is 0. The van der Waals surface area contributed by atoms with Gasteiger partial charge in [0.05, 0.1) is 5.60 Å². The second kappa shape index (κ2) is 4.34. The van der Waals surface area contributed by atoms with Crippen LogP contribution in [-0.4, -0.2) is 15.3 Å². The van der Waals surface area contributed by atoms with Crippen LogP contribution in [0.15, 0.2) is 41.3 Å². The lowest BCUT2D eigenvalue weighted by molar-refractivity contribution is 0.0659. The highest BCUT2D eigenvalue weighted by Crippen LogP contribution is 2.11. The van der Waals surface area contributed by atoms with Crippen LogP contribution >= 0.6 is 0 Å². The first-order valence-electron chi connectivity index (χ1n) is 5.78. The molecule has 1 heterocycles. The van der Waals surface area contributed by atoms with Gasteiger partial charge in [-0.3, -0.25) is 4.79 Å². The second-order valence-electron chi connectivity index (χ2n) is 4.96. The first-order chi connectivity index (χ1) is 7.97. The van der Waals surface area contributed by atoms with Crippen molar-refractivity contribution >= 4 is 10.8 Å². The van der Waals surface area contributed by atoms with Crippen LogP contribution in [0.3, 0.4) is 0 Å². The number of aryl methyl sites for hydroxylation is 1. The number of aromatic nitrogens is 1. The zero-order valence-electron chi connectivity index (χ0n) is 10.2. The molecule has 3 nitrogen and oxygen atoms in total. The van der Waals surface area contributed by atoms with Crippen molar-refractivity contribution in [3.05, 3.63) is 46.9 Å². The van der Waals surface area contributed by atoms with E-state index in [4.69, 9.17) is 0 Å². The zero-order valence-corrected chi connectivity index (χ0v) is 10.2. The van der Waals surface area contributed by atoms with Gasteiger partial charge in [0.15, 0.2) is 0 Å². The van der Waals surface area contributed by atoms with Crippen molar-refractivity contribution in [2.75, 3.05) is 0 Å². The first-order valence-corrected chi connectivity index (χ1v) is 5.78. The molecule has 0 spiro atoms. The van der Waals surface area contributed by atoms with Gasteiger partial charge in [0.1, 0.15) is 0 Å². The number of hydrogen-bond acceptors (Lipinski definition) is 2. The summed E-state index contributed by atoms with van der Waals surface area (Å²) in [7, 11) is 0. The third-order valence-corrected chi connectivity index (χ3v) is 2.85. The van der Waals surface area contributed by atoms with E-state index in [-0.39, 0.29) is 5.56 Å². The van der Waals surface area contributed by atoms with E-state index in [0.717, 1.165) is 10.8 Å². The second-order valence-corrected chi connectivity index (χ2v) is 4.96. The average Bonchev–Trinajstić information content (AvgIpc) is 2.27. The molecular formula is C14H17NO2. The first kappa shape index (κ1) is 11.9. The molecule has 2 aromatic rings. The van der Waals surface area contributed by atoms with Gasteiger partial charge in [-0.1, -0.05) is 18.2 Å². The highest BCUT2D eigenvalue weighted by atomic mass is 16.3. The molecule has 0 amide bonds. The standard InChI is InChI=1S/C14H17NO2/c1-14(2,17)8-10-15-9-7-11-5-3-4-6-12(11)13(15)16/h3-7,9,17H,8,10H2,1-2H3. The Morgan fingerprint density at radius 1 is 1.24 bits per heavy atom. The summed E-state index contributed by atoms with van der Waals surface area (Å²) in [5.41, 5.74) is -0.738. The summed E-state index contributed by atoms with van der Waals surface area (Å²) in [6.07, 6.45) is 2.35. The fraction of sp³-hybridized carbons (Fsp3) is 0.357. The number of hydrogen-bond donors (Lipinski definition) is 1. The Labute approximate surface area is 100 Å². The van der Waals surface area contributed by atoms with E-state index in [0.29, 0.717) is 13.0 Å². The molecule has 2 rings (SSSR count). The van der Waals surface area contributed by atoms with E-state index in [9.17, 15) is 9.90 Å². The van der Waals surface area contributed by atoms with Gasteiger partial charge in [0.2, 0.25) is 0 Å². The lowest BCUT2D eigenvalue weighted by Crippen LogP contribution is -2.26. The minimum Gasteiger partial charge on any atom is -0.390 e. The maximum Gasteiger partial charge on any atom is 0.258 e. The van der Waals surface area contributed by atoms with Gasteiger partial charge in [-0.05, 0) is 37.8 Å². The summed E-state index contributed by atoms with van der Waals surface area (Å²) in [6.45, 7) is 4.03.